The highest BCUT2D eigenvalue weighted by Gasteiger charge is 2.20. The standard InChI is InChI=1S/C65H125NO5/c1-3-5-7-9-11-13-15-17-19-30-33-37-41-45-49-53-57-63(68)62(61-67)66-64(69)58-54-50-46-42-38-34-31-28-26-24-22-20-21-23-25-27-29-32-36-40-44-48-52-56-60-71-65(70)59-55-51-47-43-39-35-18-16-14-12-10-8-6-4-2/h10,12,16,18,62-63,67-68H,3-9,11,13-15,17,19-61H2,1-2H3,(H,66,69)/b12-10-,18-16-. The highest BCUT2D eigenvalue weighted by Crippen LogP contribution is 2.18. The number of esters is 1. The number of hydrogen-bond acceptors (Lipinski definition) is 5. The summed E-state index contributed by atoms with van der Waals surface area (Å²) in [6, 6.07) is -0.540. The number of carbonyl (C=O) groups is 2. The van der Waals surface area contributed by atoms with Crippen molar-refractivity contribution in [2.45, 2.75) is 366 Å². The van der Waals surface area contributed by atoms with E-state index in [1.54, 1.807) is 0 Å². The molecule has 0 rings (SSSR count). The molecule has 0 spiro atoms. The van der Waals surface area contributed by atoms with E-state index in [1.807, 2.05) is 0 Å². The maximum absolute atomic E-state index is 12.5. The third-order valence-corrected chi connectivity index (χ3v) is 15.0. The van der Waals surface area contributed by atoms with Gasteiger partial charge in [0.1, 0.15) is 0 Å². The number of hydrogen-bond donors (Lipinski definition) is 3. The number of ether oxygens (including phenoxy) is 1. The van der Waals surface area contributed by atoms with E-state index >= 15 is 0 Å². The van der Waals surface area contributed by atoms with Gasteiger partial charge in [-0.3, -0.25) is 9.59 Å². The van der Waals surface area contributed by atoms with Crippen LogP contribution in [-0.4, -0.2) is 47.4 Å². The number of unbranched alkanes of at least 4 members (excludes halogenated alkanes) is 45. The maximum atomic E-state index is 12.5. The fourth-order valence-electron chi connectivity index (χ4n) is 10.1. The number of aliphatic hydroxyl groups is 2. The number of nitrogens with one attached hydrogen (secondary N) is 1. The molecule has 3 N–H and O–H groups in total. The SMILES string of the molecule is CCCC/C=C\C/C=C\CCCCCCCC(=O)OCCCCCCCCCCCCCCCCCCCCCCCCCCC(=O)NC(CO)C(O)CCCCCCCCCCCCCCCCCC. The molecule has 0 aliphatic heterocycles. The molecule has 2 atom stereocenters. The topological polar surface area (TPSA) is 95.9 Å². The van der Waals surface area contributed by atoms with E-state index in [9.17, 15) is 19.8 Å². The Bertz CT molecular complexity index is 1110. The molecule has 0 heterocycles. The molecule has 0 aromatic heterocycles. The normalized spacial score (nSPS) is 12.7. The quantitative estimate of drug-likeness (QED) is 0.0320. The summed E-state index contributed by atoms with van der Waals surface area (Å²) in [4.78, 5) is 24.5. The van der Waals surface area contributed by atoms with Gasteiger partial charge in [-0.05, 0) is 51.4 Å². The lowest BCUT2D eigenvalue weighted by Gasteiger charge is -2.22. The van der Waals surface area contributed by atoms with Crippen molar-refractivity contribution in [3.05, 3.63) is 24.3 Å². The molecule has 0 aliphatic carbocycles. The van der Waals surface area contributed by atoms with Gasteiger partial charge >= 0.3 is 5.97 Å². The summed E-state index contributed by atoms with van der Waals surface area (Å²) >= 11 is 0. The van der Waals surface area contributed by atoms with Crippen molar-refractivity contribution in [2.24, 2.45) is 0 Å². The fourth-order valence-corrected chi connectivity index (χ4v) is 10.1. The number of allylic oxidation sites excluding steroid dienone is 4. The van der Waals surface area contributed by atoms with Crippen molar-refractivity contribution in [3.63, 3.8) is 0 Å². The van der Waals surface area contributed by atoms with Crippen molar-refractivity contribution in [3.8, 4) is 0 Å². The summed E-state index contributed by atoms with van der Waals surface area (Å²) in [6.45, 7) is 4.93. The maximum Gasteiger partial charge on any atom is 0.305 e. The molecule has 1 amide bonds. The van der Waals surface area contributed by atoms with E-state index < -0.39 is 12.1 Å². The second-order valence-corrected chi connectivity index (χ2v) is 22.1. The second-order valence-electron chi connectivity index (χ2n) is 22.1. The number of carbonyl (C=O) groups excluding carboxylic acids is 2. The van der Waals surface area contributed by atoms with Crippen molar-refractivity contribution in [1.82, 2.24) is 5.32 Å². The van der Waals surface area contributed by atoms with Crippen LogP contribution in [0.3, 0.4) is 0 Å². The average molecular weight is 1000 g/mol. The molecule has 6 nitrogen and oxygen atoms in total. The first-order chi connectivity index (χ1) is 35.0. The van der Waals surface area contributed by atoms with Gasteiger partial charge in [0.15, 0.2) is 0 Å². The van der Waals surface area contributed by atoms with Crippen LogP contribution >= 0.6 is 0 Å². The zero-order valence-electron chi connectivity index (χ0n) is 48.0. The van der Waals surface area contributed by atoms with Crippen LogP contribution in [0.5, 0.6) is 0 Å². The minimum absolute atomic E-state index is 0.00126. The minimum Gasteiger partial charge on any atom is -0.466 e. The molecule has 0 bridgehead atoms. The van der Waals surface area contributed by atoms with Crippen molar-refractivity contribution < 1.29 is 24.5 Å². The van der Waals surface area contributed by atoms with Gasteiger partial charge in [-0.15, -0.1) is 0 Å². The number of aliphatic hydroxyl groups excluding tert-OH is 2. The predicted molar refractivity (Wildman–Crippen MR) is 310 cm³/mol. The Morgan fingerprint density at radius 3 is 1.11 bits per heavy atom. The Kier molecular flexibility index (Phi) is 59.5. The van der Waals surface area contributed by atoms with Crippen LogP contribution in [0.4, 0.5) is 0 Å². The molecule has 420 valence electrons. The van der Waals surface area contributed by atoms with Crippen LogP contribution in [0, 0.1) is 0 Å². The summed E-state index contributed by atoms with van der Waals surface area (Å²) in [5.41, 5.74) is 0. The monoisotopic (exact) mass is 1000 g/mol. The highest BCUT2D eigenvalue weighted by atomic mass is 16.5. The third kappa shape index (κ3) is 57.5. The largest absolute Gasteiger partial charge is 0.466 e. The molecule has 0 aliphatic rings. The molecule has 0 saturated carbocycles. The van der Waals surface area contributed by atoms with Crippen LogP contribution in [0.2, 0.25) is 0 Å². The smallest absolute Gasteiger partial charge is 0.305 e. The predicted octanol–water partition coefficient (Wildman–Crippen LogP) is 20.2. The summed E-state index contributed by atoms with van der Waals surface area (Å²) < 4.78 is 5.48. The van der Waals surface area contributed by atoms with Crippen molar-refractivity contribution in [1.29, 1.82) is 0 Å². The minimum atomic E-state index is -0.663. The lowest BCUT2D eigenvalue weighted by molar-refractivity contribution is -0.143. The molecule has 0 saturated heterocycles. The Morgan fingerprint density at radius 2 is 0.718 bits per heavy atom. The second kappa shape index (κ2) is 60.9. The van der Waals surface area contributed by atoms with Gasteiger partial charge in [-0.1, -0.05) is 314 Å². The average Bonchev–Trinajstić information content (AvgIpc) is 3.37. The van der Waals surface area contributed by atoms with Crippen molar-refractivity contribution in [2.75, 3.05) is 13.2 Å². The fraction of sp³-hybridized carbons (Fsp3) is 0.908. The number of amides is 1. The van der Waals surface area contributed by atoms with Crippen LogP contribution in [-0.2, 0) is 14.3 Å². The third-order valence-electron chi connectivity index (χ3n) is 15.0. The molecule has 2 unspecified atom stereocenters. The Hall–Kier alpha value is -1.66. The van der Waals surface area contributed by atoms with E-state index in [1.165, 1.54) is 270 Å². The Labute approximate surface area is 443 Å². The van der Waals surface area contributed by atoms with Gasteiger partial charge in [0.2, 0.25) is 5.91 Å². The first-order valence-electron chi connectivity index (χ1n) is 32.1. The van der Waals surface area contributed by atoms with Gasteiger partial charge in [0.25, 0.3) is 0 Å². The van der Waals surface area contributed by atoms with Gasteiger partial charge in [0, 0.05) is 12.8 Å². The van der Waals surface area contributed by atoms with Crippen LogP contribution in [0.1, 0.15) is 354 Å². The van der Waals surface area contributed by atoms with E-state index in [0.29, 0.717) is 25.9 Å². The molecule has 71 heavy (non-hydrogen) atoms. The first-order valence-corrected chi connectivity index (χ1v) is 32.1. The van der Waals surface area contributed by atoms with Crippen LogP contribution in [0.25, 0.3) is 0 Å². The number of rotatable bonds is 60. The van der Waals surface area contributed by atoms with Gasteiger partial charge in [-0.2, -0.15) is 0 Å². The van der Waals surface area contributed by atoms with Gasteiger partial charge in [-0.25, -0.2) is 0 Å². The first kappa shape index (κ1) is 69.3. The molecular formula is C65H125NO5. The highest BCUT2D eigenvalue weighted by molar-refractivity contribution is 5.76. The summed E-state index contributed by atoms with van der Waals surface area (Å²) in [5, 5.41) is 23.3. The zero-order chi connectivity index (χ0) is 51.4. The van der Waals surface area contributed by atoms with Crippen molar-refractivity contribution >= 4 is 11.9 Å². The molecule has 0 fully saturated rings. The van der Waals surface area contributed by atoms with E-state index in [4.69, 9.17) is 4.74 Å². The van der Waals surface area contributed by atoms with Crippen LogP contribution < -0.4 is 5.32 Å². The molecule has 0 radical (unpaired) electrons. The summed E-state index contributed by atoms with van der Waals surface area (Å²) in [7, 11) is 0. The molecule has 0 aromatic rings. The molecule has 6 heteroatoms. The van der Waals surface area contributed by atoms with Gasteiger partial charge < -0.3 is 20.3 Å². The van der Waals surface area contributed by atoms with E-state index in [2.05, 4.69) is 43.5 Å². The zero-order valence-corrected chi connectivity index (χ0v) is 48.0. The lowest BCUT2D eigenvalue weighted by Crippen LogP contribution is -2.45. The lowest BCUT2D eigenvalue weighted by atomic mass is 10.0. The van der Waals surface area contributed by atoms with E-state index in [0.717, 1.165) is 51.4 Å². The molecular weight excluding hydrogens is 875 g/mol. The summed E-state index contributed by atoms with van der Waals surface area (Å²) in [6.07, 6.45) is 74.8. The summed E-state index contributed by atoms with van der Waals surface area (Å²) in [5.74, 6) is -0.0301. The van der Waals surface area contributed by atoms with Crippen LogP contribution in [0.15, 0.2) is 24.3 Å². The Balaban J connectivity index is 3.37. The van der Waals surface area contributed by atoms with E-state index in [-0.39, 0.29) is 18.5 Å². The van der Waals surface area contributed by atoms with Gasteiger partial charge in [0.05, 0.1) is 25.4 Å². The molecule has 0 aromatic carbocycles. The Morgan fingerprint density at radius 1 is 0.394 bits per heavy atom.